The number of rotatable bonds is 20. The Balaban J connectivity index is 1.68. The quantitative estimate of drug-likeness (QED) is 0.0375. The van der Waals surface area contributed by atoms with Crippen LogP contribution in [0.4, 0.5) is 0 Å². The second-order valence-corrected chi connectivity index (χ2v) is 13.0. The van der Waals surface area contributed by atoms with Gasteiger partial charge in [0.15, 0.2) is 5.96 Å². The summed E-state index contributed by atoms with van der Waals surface area (Å²) in [5, 5.41) is 32.1. The van der Waals surface area contributed by atoms with Crippen LogP contribution in [0.25, 0.3) is 0 Å². The largest absolute Gasteiger partial charge is 0.508 e. The van der Waals surface area contributed by atoms with E-state index in [0.29, 0.717) is 30.5 Å². The van der Waals surface area contributed by atoms with Crippen molar-refractivity contribution in [2.24, 2.45) is 22.2 Å². The van der Waals surface area contributed by atoms with Gasteiger partial charge < -0.3 is 58.9 Å². The summed E-state index contributed by atoms with van der Waals surface area (Å²) in [5.41, 5.74) is 17.4. The van der Waals surface area contributed by atoms with Crippen molar-refractivity contribution < 1.29 is 43.8 Å². The van der Waals surface area contributed by atoms with Gasteiger partial charge in [0.2, 0.25) is 35.4 Å². The van der Waals surface area contributed by atoms with E-state index in [2.05, 4.69) is 31.6 Å². The summed E-state index contributed by atoms with van der Waals surface area (Å²) in [6.45, 7) is 1.09. The average Bonchev–Trinajstić information content (AvgIpc) is 3.65. The predicted octanol–water partition coefficient (Wildman–Crippen LogP) is -2.66. The maximum atomic E-state index is 13.5. The van der Waals surface area contributed by atoms with Crippen molar-refractivity contribution in [3.63, 3.8) is 0 Å². The number of aliphatic carboxylic acids is 1. The first-order chi connectivity index (χ1) is 26.2. The summed E-state index contributed by atoms with van der Waals surface area (Å²) in [5.74, 6) is -5.48. The Morgan fingerprint density at radius 1 is 0.836 bits per heavy atom. The highest BCUT2D eigenvalue weighted by Crippen LogP contribution is 2.17. The van der Waals surface area contributed by atoms with E-state index in [4.69, 9.17) is 17.2 Å². The van der Waals surface area contributed by atoms with Gasteiger partial charge in [-0.15, -0.1) is 0 Å². The third-order valence-electron chi connectivity index (χ3n) is 8.73. The maximum absolute atomic E-state index is 13.5. The summed E-state index contributed by atoms with van der Waals surface area (Å²) >= 11 is 0. The zero-order chi connectivity index (χ0) is 40.5. The molecular formula is C36H50N10O9. The van der Waals surface area contributed by atoms with Crippen molar-refractivity contribution in [1.82, 2.24) is 31.5 Å². The minimum absolute atomic E-state index is 0.00985. The van der Waals surface area contributed by atoms with Crippen LogP contribution in [0.1, 0.15) is 43.7 Å². The van der Waals surface area contributed by atoms with Gasteiger partial charge in [-0.25, -0.2) is 4.79 Å². The monoisotopic (exact) mass is 766 g/mol. The van der Waals surface area contributed by atoms with Crippen molar-refractivity contribution in [3.8, 4) is 5.75 Å². The van der Waals surface area contributed by atoms with Gasteiger partial charge >= 0.3 is 5.97 Å². The van der Waals surface area contributed by atoms with Gasteiger partial charge in [-0.1, -0.05) is 42.5 Å². The van der Waals surface area contributed by atoms with Crippen LogP contribution in [0.5, 0.6) is 5.75 Å². The lowest BCUT2D eigenvalue weighted by Gasteiger charge is -2.25. The molecule has 19 nitrogen and oxygen atoms in total. The number of aromatic hydroxyl groups is 1. The summed E-state index contributed by atoms with van der Waals surface area (Å²) in [6, 6.07) is 8.67. The number of nitrogens with one attached hydrogen (secondary N) is 5. The summed E-state index contributed by atoms with van der Waals surface area (Å²) in [7, 11) is 0. The second-order valence-electron chi connectivity index (χ2n) is 13.0. The lowest BCUT2D eigenvalue weighted by Crippen LogP contribution is -2.58. The zero-order valence-electron chi connectivity index (χ0n) is 30.5. The lowest BCUT2D eigenvalue weighted by molar-refractivity contribution is -0.142. The number of likely N-dealkylation sites (tertiary alicyclic amines) is 1. The first kappa shape index (κ1) is 43.2. The van der Waals surface area contributed by atoms with Crippen LogP contribution in [-0.2, 0) is 46.4 Å². The van der Waals surface area contributed by atoms with Crippen molar-refractivity contribution in [2.75, 3.05) is 26.2 Å². The molecule has 0 radical (unpaired) electrons. The number of phenols is 1. The van der Waals surface area contributed by atoms with Crippen LogP contribution in [0.2, 0.25) is 0 Å². The number of nitrogens with two attached hydrogens (primary N) is 3. The van der Waals surface area contributed by atoms with Crippen LogP contribution in [0.3, 0.4) is 0 Å². The molecule has 6 amide bonds. The van der Waals surface area contributed by atoms with Gasteiger partial charge in [0, 0.05) is 25.9 Å². The van der Waals surface area contributed by atoms with Crippen LogP contribution in [0.15, 0.2) is 59.6 Å². The van der Waals surface area contributed by atoms with Crippen LogP contribution in [-0.4, -0.2) is 119 Å². The molecular weight excluding hydrogens is 716 g/mol. The molecule has 5 atom stereocenters. The number of aliphatic imine (C=N–C) groups is 1. The van der Waals surface area contributed by atoms with Gasteiger partial charge in [-0.3, -0.25) is 33.8 Å². The fourth-order valence-electron chi connectivity index (χ4n) is 5.83. The molecule has 13 N–H and O–H groups in total. The van der Waals surface area contributed by atoms with E-state index in [-0.39, 0.29) is 56.4 Å². The molecule has 0 bridgehead atoms. The molecule has 55 heavy (non-hydrogen) atoms. The van der Waals surface area contributed by atoms with Crippen molar-refractivity contribution in [1.29, 1.82) is 0 Å². The topological polar surface area (TPSA) is 314 Å². The summed E-state index contributed by atoms with van der Waals surface area (Å²) < 4.78 is 0. The Labute approximate surface area is 317 Å². The Hall–Kier alpha value is -6.24. The van der Waals surface area contributed by atoms with Gasteiger partial charge in [-0.05, 0) is 55.9 Å². The fraction of sp³-hybridized carbons (Fsp3) is 0.444. The average molecular weight is 767 g/mol. The molecule has 1 heterocycles. The predicted molar refractivity (Wildman–Crippen MR) is 200 cm³/mol. The summed E-state index contributed by atoms with van der Waals surface area (Å²) in [4.78, 5) is 95.6. The number of hydrogen-bond acceptors (Lipinski definition) is 10. The van der Waals surface area contributed by atoms with Crippen LogP contribution in [0, 0.1) is 0 Å². The molecule has 0 aromatic heterocycles. The molecule has 1 fully saturated rings. The Morgan fingerprint density at radius 2 is 1.45 bits per heavy atom. The Bertz CT molecular complexity index is 1690. The van der Waals surface area contributed by atoms with Crippen LogP contribution < -0.4 is 43.8 Å². The standard InChI is InChI=1S/C36H50N10O9/c1-21(31(50)44-26(17-22-7-3-2-4-8-22)33(52)45-27(35(54)55)18-23-11-13-24(47)14-12-23)42-32(51)25(9-5-15-40-36(38)39)43-29(48)20-41-34(53)28-10-6-16-46(28)30(49)19-37/h2-4,7-8,11-14,21,25-28,47H,5-6,9-10,15-20,37H2,1H3,(H,41,53)(H,42,51)(H,43,48)(H,44,50)(H,45,52)(H,54,55)(H4,38,39,40)/t21-,25-,26-,27-,28-/m0/s1. The first-order valence-electron chi connectivity index (χ1n) is 17.8. The van der Waals surface area contributed by atoms with Gasteiger partial charge in [0.05, 0.1) is 13.1 Å². The molecule has 0 spiro atoms. The van der Waals surface area contributed by atoms with Gasteiger partial charge in [-0.2, -0.15) is 0 Å². The normalized spacial score (nSPS) is 15.7. The number of carboxylic acids is 1. The molecule has 1 aliphatic heterocycles. The van der Waals surface area contributed by atoms with E-state index in [1.807, 2.05) is 0 Å². The molecule has 0 unspecified atom stereocenters. The molecule has 2 aromatic carbocycles. The highest BCUT2D eigenvalue weighted by atomic mass is 16.4. The highest BCUT2D eigenvalue weighted by Gasteiger charge is 2.34. The number of phenolic OH excluding ortho intramolecular Hbond substituents is 1. The number of carbonyl (C=O) groups is 7. The third-order valence-corrected chi connectivity index (χ3v) is 8.73. The Morgan fingerprint density at radius 3 is 2.09 bits per heavy atom. The van der Waals surface area contributed by atoms with Crippen LogP contribution >= 0.6 is 0 Å². The molecule has 1 aliphatic rings. The minimum Gasteiger partial charge on any atom is -0.508 e. The zero-order valence-corrected chi connectivity index (χ0v) is 30.5. The molecule has 1 saturated heterocycles. The van der Waals surface area contributed by atoms with Gasteiger partial charge in [0.1, 0.15) is 36.0 Å². The number of guanidine groups is 1. The Kier molecular flexibility index (Phi) is 16.8. The van der Waals surface area contributed by atoms with E-state index in [0.717, 1.165) is 0 Å². The van der Waals surface area contributed by atoms with E-state index in [9.17, 15) is 43.8 Å². The number of carbonyl (C=O) groups excluding carboxylic acids is 6. The maximum Gasteiger partial charge on any atom is 0.326 e. The van der Waals surface area contributed by atoms with E-state index < -0.39 is 72.3 Å². The van der Waals surface area contributed by atoms with Crippen molar-refractivity contribution >= 4 is 47.4 Å². The van der Waals surface area contributed by atoms with E-state index in [1.54, 1.807) is 30.3 Å². The lowest BCUT2D eigenvalue weighted by atomic mass is 10.0. The smallest absolute Gasteiger partial charge is 0.326 e. The number of hydrogen-bond donors (Lipinski definition) is 10. The molecule has 3 rings (SSSR count). The molecule has 298 valence electrons. The van der Waals surface area contributed by atoms with Crippen molar-refractivity contribution in [2.45, 2.75) is 75.7 Å². The molecule has 0 aliphatic carbocycles. The molecule has 2 aromatic rings. The van der Waals surface area contributed by atoms with E-state index >= 15 is 0 Å². The van der Waals surface area contributed by atoms with Crippen molar-refractivity contribution in [3.05, 3.63) is 65.7 Å². The first-order valence-corrected chi connectivity index (χ1v) is 17.8. The second kappa shape index (κ2) is 21.5. The molecule has 19 heteroatoms. The highest BCUT2D eigenvalue weighted by molar-refractivity contribution is 5.96. The van der Waals surface area contributed by atoms with Gasteiger partial charge in [0.25, 0.3) is 0 Å². The number of amides is 6. The minimum atomic E-state index is -1.37. The fourth-order valence-corrected chi connectivity index (χ4v) is 5.83. The third kappa shape index (κ3) is 14.3. The van der Waals surface area contributed by atoms with E-state index in [1.165, 1.54) is 36.1 Å². The molecule has 0 saturated carbocycles. The number of benzene rings is 2. The SMILES string of the molecule is C[C@H](NC(=O)[C@H](CCCN=C(N)N)NC(=O)CNC(=O)[C@@H]1CCCN1C(=O)CN)C(=O)N[C@@H](Cc1ccccc1)C(=O)N[C@@H](Cc1ccc(O)cc1)C(=O)O. The number of nitrogens with zero attached hydrogens (tertiary/aromatic N) is 2. The number of carboxylic acid groups (broad SMARTS) is 1. The summed E-state index contributed by atoms with van der Waals surface area (Å²) in [6.07, 6.45) is 1.17.